The molecule has 3 rings (SSSR count). The van der Waals surface area contributed by atoms with Gasteiger partial charge in [0, 0.05) is 17.8 Å². The molecule has 1 N–H and O–H groups in total. The summed E-state index contributed by atoms with van der Waals surface area (Å²) in [6, 6.07) is 5.90. The van der Waals surface area contributed by atoms with Crippen LogP contribution in [-0.4, -0.2) is 26.6 Å². The molecule has 0 saturated carbocycles. The zero-order valence-corrected chi connectivity index (χ0v) is 15.2. The van der Waals surface area contributed by atoms with Crippen LogP contribution >= 0.6 is 27.5 Å². The number of rotatable bonds is 4. The smallest absolute Gasteiger partial charge is 0.226 e. The molecule has 2 aromatic heterocycles. The first-order valence-corrected chi connectivity index (χ1v) is 8.17. The van der Waals surface area contributed by atoms with E-state index in [0.29, 0.717) is 17.0 Å². The lowest BCUT2D eigenvalue weighted by Gasteiger charge is -2.11. The first-order valence-electron chi connectivity index (χ1n) is 7.00. The SMILES string of the molecule is COc1cc(Nc2nc(Cl)nc3c2ncn3C(C)C)ccc1Br. The zero-order chi connectivity index (χ0) is 16.6. The summed E-state index contributed by atoms with van der Waals surface area (Å²) in [5, 5.41) is 3.40. The molecule has 8 heteroatoms. The first kappa shape index (κ1) is 16.0. The molecule has 0 atom stereocenters. The Bertz CT molecular complexity index is 864. The van der Waals surface area contributed by atoms with E-state index in [1.807, 2.05) is 22.8 Å². The molecular formula is C15H15BrClN5O. The number of methoxy groups -OCH3 is 1. The Morgan fingerprint density at radius 3 is 2.78 bits per heavy atom. The minimum Gasteiger partial charge on any atom is -0.495 e. The third-order valence-corrected chi connectivity index (χ3v) is 4.19. The molecule has 2 heterocycles. The van der Waals surface area contributed by atoms with Crippen LogP contribution in [-0.2, 0) is 0 Å². The molecule has 3 aromatic rings. The Kier molecular flexibility index (Phi) is 4.41. The fourth-order valence-corrected chi connectivity index (χ4v) is 2.80. The van der Waals surface area contributed by atoms with Gasteiger partial charge in [-0.15, -0.1) is 0 Å². The van der Waals surface area contributed by atoms with Crippen molar-refractivity contribution in [2.24, 2.45) is 0 Å². The fourth-order valence-electron chi connectivity index (χ4n) is 2.23. The Hall–Kier alpha value is -1.86. The normalized spacial score (nSPS) is 11.2. The Morgan fingerprint density at radius 2 is 2.09 bits per heavy atom. The molecule has 0 aliphatic rings. The van der Waals surface area contributed by atoms with Gasteiger partial charge >= 0.3 is 0 Å². The van der Waals surface area contributed by atoms with E-state index in [2.05, 4.69) is 50.0 Å². The maximum Gasteiger partial charge on any atom is 0.226 e. The average Bonchev–Trinajstić information content (AvgIpc) is 2.93. The van der Waals surface area contributed by atoms with Crippen LogP contribution in [0.15, 0.2) is 29.0 Å². The van der Waals surface area contributed by atoms with Crippen LogP contribution < -0.4 is 10.1 Å². The second-order valence-corrected chi connectivity index (χ2v) is 6.43. The summed E-state index contributed by atoms with van der Waals surface area (Å²) in [7, 11) is 1.62. The highest BCUT2D eigenvalue weighted by molar-refractivity contribution is 9.10. The van der Waals surface area contributed by atoms with Gasteiger partial charge in [0.25, 0.3) is 0 Å². The summed E-state index contributed by atoms with van der Waals surface area (Å²) < 4.78 is 8.13. The quantitative estimate of drug-likeness (QED) is 0.654. The van der Waals surface area contributed by atoms with Crippen molar-refractivity contribution in [3.63, 3.8) is 0 Å². The molecule has 0 aliphatic carbocycles. The molecule has 0 radical (unpaired) electrons. The number of fused-ring (bicyclic) bond motifs is 1. The lowest BCUT2D eigenvalue weighted by molar-refractivity contribution is 0.412. The van der Waals surface area contributed by atoms with Crippen molar-refractivity contribution in [2.75, 3.05) is 12.4 Å². The van der Waals surface area contributed by atoms with Crippen molar-refractivity contribution in [3.05, 3.63) is 34.3 Å². The van der Waals surface area contributed by atoms with Crippen LogP contribution in [0.4, 0.5) is 11.5 Å². The number of ether oxygens (including phenoxy) is 1. The number of nitrogens with one attached hydrogen (secondary N) is 1. The number of anilines is 2. The molecule has 0 saturated heterocycles. The highest BCUT2D eigenvalue weighted by atomic mass is 79.9. The number of benzene rings is 1. The third kappa shape index (κ3) is 3.11. The van der Waals surface area contributed by atoms with Gasteiger partial charge in [-0.25, -0.2) is 4.98 Å². The van der Waals surface area contributed by atoms with Gasteiger partial charge in [-0.1, -0.05) is 0 Å². The summed E-state index contributed by atoms with van der Waals surface area (Å²) >= 11 is 9.50. The minimum atomic E-state index is 0.173. The topological polar surface area (TPSA) is 64.9 Å². The maximum absolute atomic E-state index is 6.07. The molecule has 0 bridgehead atoms. The van der Waals surface area contributed by atoms with E-state index in [4.69, 9.17) is 16.3 Å². The second kappa shape index (κ2) is 6.33. The average molecular weight is 397 g/mol. The Labute approximate surface area is 147 Å². The van der Waals surface area contributed by atoms with Gasteiger partial charge in [-0.05, 0) is 53.5 Å². The molecule has 0 amide bonds. The van der Waals surface area contributed by atoms with Gasteiger partial charge in [0.15, 0.2) is 17.0 Å². The predicted molar refractivity (Wildman–Crippen MR) is 94.7 cm³/mol. The molecule has 23 heavy (non-hydrogen) atoms. The van der Waals surface area contributed by atoms with Crippen molar-refractivity contribution >= 4 is 50.2 Å². The monoisotopic (exact) mass is 395 g/mol. The molecule has 0 aliphatic heterocycles. The maximum atomic E-state index is 6.07. The largest absolute Gasteiger partial charge is 0.495 e. The number of halogens is 2. The number of hydrogen-bond donors (Lipinski definition) is 1. The van der Waals surface area contributed by atoms with Crippen LogP contribution in [0.2, 0.25) is 5.28 Å². The Morgan fingerprint density at radius 1 is 1.30 bits per heavy atom. The molecule has 6 nitrogen and oxygen atoms in total. The van der Waals surface area contributed by atoms with Gasteiger partial charge in [0.05, 0.1) is 17.9 Å². The van der Waals surface area contributed by atoms with Gasteiger partial charge in [0.1, 0.15) is 5.75 Å². The lowest BCUT2D eigenvalue weighted by Crippen LogP contribution is -2.02. The van der Waals surface area contributed by atoms with Gasteiger partial charge in [-0.2, -0.15) is 9.97 Å². The molecule has 1 aromatic carbocycles. The van der Waals surface area contributed by atoms with Crippen LogP contribution in [0.5, 0.6) is 5.75 Å². The number of aromatic nitrogens is 4. The number of nitrogens with zero attached hydrogens (tertiary/aromatic N) is 4. The summed E-state index contributed by atoms with van der Waals surface area (Å²) in [4.78, 5) is 13.0. The first-order chi connectivity index (χ1) is 11.0. The predicted octanol–water partition coefficient (Wildman–Crippen LogP) is 4.58. The van der Waals surface area contributed by atoms with Crippen LogP contribution in [0.25, 0.3) is 11.2 Å². The second-order valence-electron chi connectivity index (χ2n) is 5.23. The summed E-state index contributed by atoms with van der Waals surface area (Å²) in [6.07, 6.45) is 1.74. The molecule has 0 spiro atoms. The number of hydrogen-bond acceptors (Lipinski definition) is 5. The van der Waals surface area contributed by atoms with Crippen molar-refractivity contribution < 1.29 is 4.74 Å². The highest BCUT2D eigenvalue weighted by Gasteiger charge is 2.14. The van der Waals surface area contributed by atoms with E-state index in [9.17, 15) is 0 Å². The van der Waals surface area contributed by atoms with Gasteiger partial charge in [0.2, 0.25) is 5.28 Å². The molecule has 0 fully saturated rings. The van der Waals surface area contributed by atoms with E-state index >= 15 is 0 Å². The van der Waals surface area contributed by atoms with E-state index in [1.54, 1.807) is 13.4 Å². The van der Waals surface area contributed by atoms with Gasteiger partial charge < -0.3 is 14.6 Å². The van der Waals surface area contributed by atoms with Crippen LogP contribution in [0, 0.1) is 0 Å². The van der Waals surface area contributed by atoms with Crippen LogP contribution in [0.3, 0.4) is 0 Å². The number of imidazole rings is 1. The summed E-state index contributed by atoms with van der Waals surface area (Å²) in [6.45, 7) is 4.12. The van der Waals surface area contributed by atoms with E-state index in [-0.39, 0.29) is 11.3 Å². The molecular weight excluding hydrogens is 382 g/mol. The zero-order valence-electron chi connectivity index (χ0n) is 12.8. The molecule has 0 unspecified atom stereocenters. The Balaban J connectivity index is 2.06. The van der Waals surface area contributed by atoms with E-state index in [1.165, 1.54) is 0 Å². The fraction of sp³-hybridized carbons (Fsp3) is 0.267. The van der Waals surface area contributed by atoms with Crippen molar-refractivity contribution in [2.45, 2.75) is 19.9 Å². The summed E-state index contributed by atoms with van der Waals surface area (Å²) in [5.41, 5.74) is 2.19. The summed E-state index contributed by atoms with van der Waals surface area (Å²) in [5.74, 6) is 1.28. The van der Waals surface area contributed by atoms with E-state index < -0.39 is 0 Å². The lowest BCUT2D eigenvalue weighted by atomic mass is 10.3. The standard InChI is InChI=1S/C15H15BrClN5O/c1-8(2)22-7-18-12-13(20-15(17)21-14(12)22)19-9-4-5-10(16)11(6-9)23-3/h4-8H,1-3H3,(H,19,20,21). The van der Waals surface area contributed by atoms with Crippen molar-refractivity contribution in [1.82, 2.24) is 19.5 Å². The van der Waals surface area contributed by atoms with Crippen LogP contribution in [0.1, 0.15) is 19.9 Å². The minimum absolute atomic E-state index is 0.173. The van der Waals surface area contributed by atoms with Gasteiger partial charge in [-0.3, -0.25) is 0 Å². The third-order valence-electron chi connectivity index (χ3n) is 3.36. The van der Waals surface area contributed by atoms with E-state index in [0.717, 1.165) is 15.9 Å². The molecule has 120 valence electrons. The van der Waals surface area contributed by atoms with Crippen molar-refractivity contribution in [1.29, 1.82) is 0 Å². The highest BCUT2D eigenvalue weighted by Crippen LogP contribution is 2.31. The van der Waals surface area contributed by atoms with Crippen molar-refractivity contribution in [3.8, 4) is 5.75 Å².